The Kier molecular flexibility index (Phi) is 4.84. The molecule has 0 aromatic heterocycles. The second-order valence-corrected chi connectivity index (χ2v) is 8.02. The first-order chi connectivity index (χ1) is 9.32. The summed E-state index contributed by atoms with van der Waals surface area (Å²) in [5.41, 5.74) is 0. The third-order valence-electron chi connectivity index (χ3n) is 3.60. The molecule has 0 amide bonds. The van der Waals surface area contributed by atoms with E-state index in [4.69, 9.17) is 0 Å². The molecule has 0 saturated carbocycles. The highest BCUT2D eigenvalue weighted by Crippen LogP contribution is 2.25. The zero-order valence-electron chi connectivity index (χ0n) is 11.5. The second kappa shape index (κ2) is 6.09. The minimum Gasteiger partial charge on any atom is -0.305 e. The second-order valence-electron chi connectivity index (χ2n) is 5.20. The van der Waals surface area contributed by atoms with E-state index < -0.39 is 15.8 Å². The summed E-state index contributed by atoms with van der Waals surface area (Å²) in [5.74, 6) is -0.716. The van der Waals surface area contributed by atoms with E-state index in [1.807, 2.05) is 19.0 Å². The van der Waals surface area contributed by atoms with Crippen molar-refractivity contribution in [3.63, 3.8) is 0 Å². The van der Waals surface area contributed by atoms with E-state index >= 15 is 0 Å². The summed E-state index contributed by atoms with van der Waals surface area (Å²) in [4.78, 5) is 1.76. The van der Waals surface area contributed by atoms with Gasteiger partial charge in [0.2, 0.25) is 10.0 Å². The van der Waals surface area contributed by atoms with Crippen LogP contribution < -0.4 is 0 Å². The molecule has 1 atom stereocenters. The predicted molar refractivity (Wildman–Crippen MR) is 79.6 cm³/mol. The molecule has 0 radical (unpaired) electrons. The molecule has 4 nitrogen and oxygen atoms in total. The molecule has 20 heavy (non-hydrogen) atoms. The maximum Gasteiger partial charge on any atom is 0.246 e. The van der Waals surface area contributed by atoms with Gasteiger partial charge in [-0.3, -0.25) is 0 Å². The van der Waals surface area contributed by atoms with Crippen LogP contribution in [0, 0.1) is 5.82 Å². The summed E-state index contributed by atoms with van der Waals surface area (Å²) in [7, 11) is 0.0980. The first-order valence-corrected chi connectivity index (χ1v) is 8.67. The van der Waals surface area contributed by atoms with Gasteiger partial charge in [0.05, 0.1) is 0 Å². The topological polar surface area (TPSA) is 40.6 Å². The summed E-state index contributed by atoms with van der Waals surface area (Å²) < 4.78 is 40.9. The highest BCUT2D eigenvalue weighted by Gasteiger charge is 2.32. The minimum atomic E-state index is -3.77. The maximum atomic E-state index is 13.9. The lowest BCUT2D eigenvalue weighted by Crippen LogP contribution is -2.47. The Hall–Kier alpha value is -0.500. The van der Waals surface area contributed by atoms with Crippen molar-refractivity contribution in [1.29, 1.82) is 0 Å². The fraction of sp³-hybridized carbons (Fsp3) is 0.538. The van der Waals surface area contributed by atoms with Gasteiger partial charge in [-0.25, -0.2) is 12.8 Å². The summed E-state index contributed by atoms with van der Waals surface area (Å²) in [5, 5.41) is 0. The Labute approximate surface area is 127 Å². The van der Waals surface area contributed by atoms with Gasteiger partial charge in [0.15, 0.2) is 0 Å². The van der Waals surface area contributed by atoms with Crippen molar-refractivity contribution in [1.82, 2.24) is 9.21 Å². The van der Waals surface area contributed by atoms with Crippen LogP contribution in [0.4, 0.5) is 4.39 Å². The van der Waals surface area contributed by atoms with E-state index in [0.717, 1.165) is 12.8 Å². The van der Waals surface area contributed by atoms with Crippen molar-refractivity contribution in [3.8, 4) is 0 Å². The van der Waals surface area contributed by atoms with Gasteiger partial charge in [-0.1, -0.05) is 15.9 Å². The van der Waals surface area contributed by atoms with E-state index in [1.165, 1.54) is 16.4 Å². The van der Waals surface area contributed by atoms with Crippen LogP contribution in [0.15, 0.2) is 27.6 Å². The molecule has 1 aliphatic rings. The molecular formula is C13H18BrFN2O2S. The Morgan fingerprint density at radius 2 is 2.10 bits per heavy atom. The van der Waals surface area contributed by atoms with Gasteiger partial charge in [-0.15, -0.1) is 0 Å². The van der Waals surface area contributed by atoms with Gasteiger partial charge >= 0.3 is 0 Å². The van der Waals surface area contributed by atoms with Gasteiger partial charge in [-0.2, -0.15) is 4.31 Å². The molecule has 2 rings (SSSR count). The predicted octanol–water partition coefficient (Wildman–Crippen LogP) is 2.30. The van der Waals surface area contributed by atoms with Crippen molar-refractivity contribution in [2.45, 2.75) is 23.8 Å². The molecule has 1 saturated heterocycles. The number of hydrogen-bond donors (Lipinski definition) is 0. The maximum absolute atomic E-state index is 13.9. The monoisotopic (exact) mass is 364 g/mol. The number of sulfonamides is 1. The summed E-state index contributed by atoms with van der Waals surface area (Å²) in [6.07, 6.45) is 1.75. The zero-order valence-corrected chi connectivity index (χ0v) is 13.9. The van der Waals surface area contributed by atoms with E-state index in [-0.39, 0.29) is 10.9 Å². The average molecular weight is 365 g/mol. The number of piperidine rings is 1. The van der Waals surface area contributed by atoms with Crippen LogP contribution in [-0.2, 0) is 10.0 Å². The molecule has 0 spiro atoms. The molecule has 1 fully saturated rings. The number of rotatable bonds is 3. The Bertz CT molecular complexity index is 592. The third-order valence-corrected chi connectivity index (χ3v) is 5.99. The SMILES string of the molecule is CN(C)C1CCCN(S(=O)(=O)c2ccc(Br)cc2F)C1. The quantitative estimate of drug-likeness (QED) is 0.826. The van der Waals surface area contributed by atoms with Crippen molar-refractivity contribution < 1.29 is 12.8 Å². The van der Waals surface area contributed by atoms with Crippen molar-refractivity contribution in [2.24, 2.45) is 0 Å². The first-order valence-electron chi connectivity index (χ1n) is 6.44. The van der Waals surface area contributed by atoms with Gasteiger partial charge in [0, 0.05) is 23.6 Å². The van der Waals surface area contributed by atoms with Gasteiger partial charge in [-0.05, 0) is 45.1 Å². The molecule has 1 aliphatic heterocycles. The number of halogens is 2. The fourth-order valence-corrected chi connectivity index (χ4v) is 4.28. The molecule has 1 aromatic rings. The lowest BCUT2D eigenvalue weighted by molar-refractivity contribution is 0.190. The largest absolute Gasteiger partial charge is 0.305 e. The van der Waals surface area contributed by atoms with Crippen molar-refractivity contribution in [2.75, 3.05) is 27.2 Å². The van der Waals surface area contributed by atoms with Crippen LogP contribution in [0.25, 0.3) is 0 Å². The fourth-order valence-electron chi connectivity index (χ4n) is 2.38. The van der Waals surface area contributed by atoms with Crippen LogP contribution in [-0.4, -0.2) is 50.8 Å². The Balaban J connectivity index is 2.30. The normalized spacial score (nSPS) is 21.4. The van der Waals surface area contributed by atoms with E-state index in [0.29, 0.717) is 17.6 Å². The summed E-state index contributed by atoms with van der Waals surface area (Å²) >= 11 is 3.13. The number of nitrogens with zero attached hydrogens (tertiary/aromatic N) is 2. The molecule has 0 N–H and O–H groups in total. The number of benzene rings is 1. The lowest BCUT2D eigenvalue weighted by atomic mass is 10.1. The van der Waals surface area contributed by atoms with Crippen LogP contribution in [0.3, 0.4) is 0 Å². The third kappa shape index (κ3) is 3.21. The molecule has 0 aliphatic carbocycles. The Morgan fingerprint density at radius 3 is 2.70 bits per heavy atom. The highest BCUT2D eigenvalue weighted by molar-refractivity contribution is 9.10. The van der Waals surface area contributed by atoms with Crippen LogP contribution in [0.1, 0.15) is 12.8 Å². The van der Waals surface area contributed by atoms with E-state index in [2.05, 4.69) is 15.9 Å². The van der Waals surface area contributed by atoms with Crippen molar-refractivity contribution >= 4 is 26.0 Å². The summed E-state index contributed by atoms with van der Waals surface area (Å²) in [6, 6.07) is 4.22. The van der Waals surface area contributed by atoms with Gasteiger partial charge in [0.25, 0.3) is 0 Å². The molecule has 1 aromatic carbocycles. The Morgan fingerprint density at radius 1 is 1.40 bits per heavy atom. The van der Waals surface area contributed by atoms with Crippen LogP contribution in [0.2, 0.25) is 0 Å². The number of hydrogen-bond acceptors (Lipinski definition) is 3. The average Bonchev–Trinajstić information content (AvgIpc) is 2.38. The molecule has 1 heterocycles. The van der Waals surface area contributed by atoms with Gasteiger partial charge in [0.1, 0.15) is 10.7 Å². The zero-order chi connectivity index (χ0) is 14.9. The van der Waals surface area contributed by atoms with Crippen LogP contribution >= 0.6 is 15.9 Å². The highest BCUT2D eigenvalue weighted by atomic mass is 79.9. The van der Waals surface area contributed by atoms with Crippen LogP contribution in [0.5, 0.6) is 0 Å². The molecule has 0 bridgehead atoms. The van der Waals surface area contributed by atoms with E-state index in [1.54, 1.807) is 6.07 Å². The molecule has 112 valence electrons. The molecular weight excluding hydrogens is 347 g/mol. The molecule has 7 heteroatoms. The summed E-state index contributed by atoms with van der Waals surface area (Å²) in [6.45, 7) is 0.854. The standard InChI is InChI=1S/C13H18BrFN2O2S/c1-16(2)11-4-3-7-17(9-11)20(18,19)13-6-5-10(14)8-12(13)15/h5-6,8,11H,3-4,7,9H2,1-2H3. The molecule has 1 unspecified atom stereocenters. The number of likely N-dealkylation sites (N-methyl/N-ethyl adjacent to an activating group) is 1. The minimum absolute atomic E-state index is 0.178. The first kappa shape index (κ1) is 15.9. The van der Waals surface area contributed by atoms with Gasteiger partial charge < -0.3 is 4.90 Å². The lowest BCUT2D eigenvalue weighted by Gasteiger charge is -2.35. The smallest absolute Gasteiger partial charge is 0.246 e. The van der Waals surface area contributed by atoms with Crippen molar-refractivity contribution in [3.05, 3.63) is 28.5 Å². The van der Waals surface area contributed by atoms with E-state index in [9.17, 15) is 12.8 Å².